The van der Waals surface area contributed by atoms with Gasteiger partial charge < -0.3 is 19.5 Å². The molecule has 3 aliphatic heterocycles. The van der Waals surface area contributed by atoms with Crippen LogP contribution in [0.15, 0.2) is 66.7 Å². The van der Waals surface area contributed by atoms with Gasteiger partial charge in [0.05, 0.1) is 10.5 Å². The van der Waals surface area contributed by atoms with Crippen molar-refractivity contribution >= 4 is 46.1 Å². The van der Waals surface area contributed by atoms with Crippen LogP contribution in [0.4, 0.5) is 5.69 Å². The topological polar surface area (TPSA) is 96.4 Å². The first-order chi connectivity index (χ1) is 19.5. The van der Waals surface area contributed by atoms with E-state index in [9.17, 15) is 19.5 Å². The smallest absolute Gasteiger partial charge is 0.313 e. The van der Waals surface area contributed by atoms with Crippen LogP contribution >= 0.6 is 22.6 Å². The van der Waals surface area contributed by atoms with Crippen molar-refractivity contribution in [2.75, 3.05) is 35.6 Å². The lowest BCUT2D eigenvalue weighted by Gasteiger charge is -2.41. The Bertz CT molecular complexity index is 1450. The van der Waals surface area contributed by atoms with E-state index < -0.39 is 17.9 Å². The molecule has 1 N–H and O–H groups in total. The number of hydrogen-bond donors (Lipinski definition) is 1. The fourth-order valence-electron chi connectivity index (χ4n) is 6.12. The molecule has 0 aromatic heterocycles. The van der Waals surface area contributed by atoms with Crippen LogP contribution in [-0.2, 0) is 9.59 Å². The number of alkyl halides is 1. The number of aliphatic carboxylic acids is 1. The lowest BCUT2D eigenvalue weighted by molar-refractivity contribution is -0.139. The molecule has 0 spiro atoms. The van der Waals surface area contributed by atoms with Gasteiger partial charge in [0.25, 0.3) is 5.91 Å². The number of amides is 2. The molecule has 0 bridgehead atoms. The Balaban J connectivity index is 1.37. The van der Waals surface area contributed by atoms with Gasteiger partial charge in [-0.15, -0.1) is 0 Å². The van der Waals surface area contributed by atoms with E-state index in [2.05, 4.69) is 22.6 Å². The van der Waals surface area contributed by atoms with Gasteiger partial charge >= 0.3 is 5.97 Å². The van der Waals surface area contributed by atoms with Crippen molar-refractivity contribution in [3.63, 3.8) is 0 Å². The zero-order valence-electron chi connectivity index (χ0n) is 21.8. The molecule has 206 valence electrons. The second kappa shape index (κ2) is 11.1. The van der Waals surface area contributed by atoms with E-state index in [1.807, 2.05) is 35.2 Å². The van der Waals surface area contributed by atoms with Gasteiger partial charge in [-0.25, -0.2) is 0 Å². The first kappa shape index (κ1) is 26.6. The Kier molecular flexibility index (Phi) is 7.39. The number of halogens is 1. The highest BCUT2D eigenvalue weighted by Crippen LogP contribution is 2.47. The summed E-state index contributed by atoms with van der Waals surface area (Å²) in [6.07, 6.45) is 1.78. The van der Waals surface area contributed by atoms with E-state index in [4.69, 9.17) is 9.47 Å². The Morgan fingerprint density at radius 3 is 2.27 bits per heavy atom. The van der Waals surface area contributed by atoms with Crippen LogP contribution in [0.25, 0.3) is 0 Å². The number of anilines is 1. The molecule has 3 aliphatic rings. The molecular formula is C31H29IN2O6. The fraction of sp³-hybridized carbons (Fsp3) is 0.323. The molecule has 0 unspecified atom stereocenters. The third kappa shape index (κ3) is 4.80. The molecular weight excluding hydrogens is 623 g/mol. The highest BCUT2D eigenvalue weighted by atomic mass is 127. The largest absolute Gasteiger partial charge is 0.486 e. The van der Waals surface area contributed by atoms with E-state index in [0.717, 1.165) is 31.5 Å². The maximum Gasteiger partial charge on any atom is 0.313 e. The number of piperidine rings is 1. The Morgan fingerprint density at radius 2 is 1.57 bits per heavy atom. The van der Waals surface area contributed by atoms with Crippen molar-refractivity contribution in [1.82, 2.24) is 4.90 Å². The maximum atomic E-state index is 14.0. The zero-order valence-corrected chi connectivity index (χ0v) is 24.0. The van der Waals surface area contributed by atoms with E-state index in [1.165, 1.54) is 0 Å². The number of carboxylic acids is 1. The van der Waals surface area contributed by atoms with Crippen LogP contribution in [0, 0.1) is 0 Å². The molecule has 9 heteroatoms. The van der Waals surface area contributed by atoms with Crippen LogP contribution in [0.3, 0.4) is 0 Å². The predicted octanol–water partition coefficient (Wildman–Crippen LogP) is 5.17. The number of carboxylic acid groups (broad SMARTS) is 1. The number of ether oxygens (including phenoxy) is 2. The molecule has 40 heavy (non-hydrogen) atoms. The van der Waals surface area contributed by atoms with Crippen LogP contribution < -0.4 is 14.4 Å². The minimum absolute atomic E-state index is 0.177. The number of likely N-dealkylation sites (tertiary alicyclic amines) is 1. The molecule has 6 rings (SSSR count). The van der Waals surface area contributed by atoms with E-state index in [1.54, 1.807) is 41.3 Å². The summed E-state index contributed by atoms with van der Waals surface area (Å²) in [6.45, 7) is 2.33. The number of benzene rings is 3. The van der Waals surface area contributed by atoms with Gasteiger partial charge in [0.1, 0.15) is 19.1 Å². The number of carbonyl (C=O) groups excluding carboxylic acids is 2. The predicted molar refractivity (Wildman–Crippen MR) is 158 cm³/mol. The van der Waals surface area contributed by atoms with Gasteiger partial charge in [-0.3, -0.25) is 19.3 Å². The summed E-state index contributed by atoms with van der Waals surface area (Å²) in [6, 6.07) is 19.4. The van der Waals surface area contributed by atoms with Gasteiger partial charge in [-0.05, 0) is 65.8 Å². The highest BCUT2D eigenvalue weighted by molar-refractivity contribution is 14.1. The molecule has 8 nitrogen and oxygen atoms in total. The number of carbonyl (C=O) groups is 3. The summed E-state index contributed by atoms with van der Waals surface area (Å²) in [5.41, 5.74) is 3.34. The third-order valence-electron chi connectivity index (χ3n) is 8.12. The minimum Gasteiger partial charge on any atom is -0.486 e. The lowest BCUT2D eigenvalue weighted by atomic mass is 9.79. The van der Waals surface area contributed by atoms with Gasteiger partial charge in [0.2, 0.25) is 5.91 Å². The van der Waals surface area contributed by atoms with E-state index in [0.29, 0.717) is 57.4 Å². The SMILES string of the molecule is O=C(O)[C@H]1c2ccccc2C(=O)N(c2ccc(C3CCN(C(=O)CI)CC3)cc2)[C@@H]1c1ccc2c(c1)OCCO2. The summed E-state index contributed by atoms with van der Waals surface area (Å²) >= 11 is 2.11. The average molecular weight is 652 g/mol. The Morgan fingerprint density at radius 1 is 0.900 bits per heavy atom. The minimum atomic E-state index is -1.01. The standard InChI is InChI=1S/C31H29IN2O6/c32-18-27(35)33-13-11-20(12-14-33)19-5-8-22(9-6-19)34-29(21-7-10-25-26(17-21)40-16-15-39-25)28(31(37)38)23-3-1-2-4-24(23)30(34)36/h1-10,17,20,28-29H,11-16,18H2,(H,37,38)/t28-,29+/m0/s1. The molecule has 3 aromatic rings. The van der Waals surface area contributed by atoms with Crippen molar-refractivity contribution in [3.05, 3.63) is 89.0 Å². The van der Waals surface area contributed by atoms with E-state index >= 15 is 0 Å². The van der Waals surface area contributed by atoms with Crippen LogP contribution in [0.2, 0.25) is 0 Å². The third-order valence-corrected chi connectivity index (χ3v) is 8.77. The molecule has 2 amide bonds. The Labute approximate surface area is 246 Å². The van der Waals surface area contributed by atoms with Crippen molar-refractivity contribution in [3.8, 4) is 11.5 Å². The summed E-state index contributed by atoms with van der Waals surface area (Å²) in [5, 5.41) is 10.5. The average Bonchev–Trinajstić information content (AvgIpc) is 3.00. The molecule has 0 radical (unpaired) electrons. The summed E-state index contributed by atoms with van der Waals surface area (Å²) in [5.74, 6) is -0.577. The molecule has 2 atom stereocenters. The zero-order chi connectivity index (χ0) is 27.8. The van der Waals surface area contributed by atoms with Crippen molar-refractivity contribution in [1.29, 1.82) is 0 Å². The molecule has 0 saturated carbocycles. The summed E-state index contributed by atoms with van der Waals surface area (Å²) in [7, 11) is 0. The highest BCUT2D eigenvalue weighted by Gasteiger charge is 2.45. The van der Waals surface area contributed by atoms with Crippen LogP contribution in [0.1, 0.15) is 57.8 Å². The normalized spacial score (nSPS) is 20.7. The van der Waals surface area contributed by atoms with E-state index in [-0.39, 0.29) is 11.8 Å². The maximum absolute atomic E-state index is 14.0. The molecule has 1 fully saturated rings. The van der Waals surface area contributed by atoms with Gasteiger partial charge in [0.15, 0.2) is 11.5 Å². The van der Waals surface area contributed by atoms with Crippen LogP contribution in [0.5, 0.6) is 11.5 Å². The molecule has 0 aliphatic carbocycles. The Hall–Kier alpha value is -3.60. The second-order valence-corrected chi connectivity index (χ2v) is 11.1. The van der Waals surface area contributed by atoms with Crippen molar-refractivity contribution in [2.24, 2.45) is 0 Å². The quantitative estimate of drug-likeness (QED) is 0.302. The number of nitrogens with zero attached hydrogens (tertiary/aromatic N) is 2. The van der Waals surface area contributed by atoms with Gasteiger partial charge in [-0.2, -0.15) is 0 Å². The molecule has 3 aromatic carbocycles. The van der Waals surface area contributed by atoms with Gasteiger partial charge in [0, 0.05) is 24.3 Å². The monoisotopic (exact) mass is 652 g/mol. The van der Waals surface area contributed by atoms with Crippen LogP contribution in [-0.4, -0.2) is 58.5 Å². The summed E-state index contributed by atoms with van der Waals surface area (Å²) in [4.78, 5) is 42.4. The fourth-order valence-corrected chi connectivity index (χ4v) is 6.61. The molecule has 3 heterocycles. The van der Waals surface area contributed by atoms with Gasteiger partial charge in [-0.1, -0.05) is 59.0 Å². The first-order valence-electron chi connectivity index (χ1n) is 13.4. The number of rotatable bonds is 5. The first-order valence-corrected chi connectivity index (χ1v) is 15.0. The second-order valence-electron chi connectivity index (χ2n) is 10.3. The van der Waals surface area contributed by atoms with Crippen molar-refractivity contribution < 1.29 is 29.0 Å². The van der Waals surface area contributed by atoms with Crippen molar-refractivity contribution in [2.45, 2.75) is 30.7 Å². The number of fused-ring (bicyclic) bond motifs is 2. The number of hydrogen-bond acceptors (Lipinski definition) is 5. The summed E-state index contributed by atoms with van der Waals surface area (Å²) < 4.78 is 12.0. The lowest BCUT2D eigenvalue weighted by Crippen LogP contribution is -2.45. The molecule has 1 saturated heterocycles.